The van der Waals surface area contributed by atoms with Crippen LogP contribution in [0.4, 0.5) is 11.4 Å². The maximum atomic E-state index is 12.1. The smallest absolute Gasteiger partial charge is 0.248 e. The summed E-state index contributed by atoms with van der Waals surface area (Å²) in [7, 11) is 0. The van der Waals surface area contributed by atoms with Crippen LogP contribution in [-0.4, -0.2) is 35.0 Å². The summed E-state index contributed by atoms with van der Waals surface area (Å²) in [5, 5.41) is 15.1. The summed E-state index contributed by atoms with van der Waals surface area (Å²) in [6.07, 6.45) is 6.83. The van der Waals surface area contributed by atoms with Crippen molar-refractivity contribution in [2.45, 2.75) is 12.5 Å². The lowest BCUT2D eigenvalue weighted by molar-refractivity contribution is -0.117. The number of thioether (sulfide) groups is 1. The normalized spacial score (nSPS) is 12.1. The van der Waals surface area contributed by atoms with Crippen LogP contribution in [0.15, 0.2) is 47.1 Å². The maximum Gasteiger partial charge on any atom is 0.248 e. The van der Waals surface area contributed by atoms with E-state index < -0.39 is 11.9 Å². The van der Waals surface area contributed by atoms with E-state index in [0.29, 0.717) is 17.9 Å². The highest BCUT2D eigenvalue weighted by Crippen LogP contribution is 2.27. The van der Waals surface area contributed by atoms with Gasteiger partial charge in [0.1, 0.15) is 11.5 Å². The highest BCUT2D eigenvalue weighted by molar-refractivity contribution is 7.98. The molecule has 0 radical (unpaired) electrons. The van der Waals surface area contributed by atoms with E-state index in [1.54, 1.807) is 23.9 Å². The van der Waals surface area contributed by atoms with Crippen molar-refractivity contribution in [2.24, 2.45) is 5.73 Å². The Bertz CT molecular complexity index is 775. The molecule has 7 nitrogen and oxygen atoms in total. The van der Waals surface area contributed by atoms with E-state index in [1.807, 2.05) is 6.26 Å². The van der Waals surface area contributed by atoms with Crippen molar-refractivity contribution in [1.82, 2.24) is 0 Å². The molecule has 0 aliphatic rings. The van der Waals surface area contributed by atoms with Crippen molar-refractivity contribution >= 4 is 41.0 Å². The number of phenols is 1. The number of hydrogen-bond donors (Lipinski definition) is 4. The Morgan fingerprint density at radius 2 is 2.15 bits per heavy atom. The van der Waals surface area contributed by atoms with Gasteiger partial charge >= 0.3 is 0 Å². The van der Waals surface area contributed by atoms with Crippen molar-refractivity contribution in [3.05, 3.63) is 48.4 Å². The number of phenolic OH excluding ortho intramolecular Hbond substituents is 1. The fourth-order valence-electron chi connectivity index (χ4n) is 2.04. The fourth-order valence-corrected chi connectivity index (χ4v) is 2.53. The summed E-state index contributed by atoms with van der Waals surface area (Å²) in [4.78, 5) is 24.0. The van der Waals surface area contributed by atoms with Gasteiger partial charge in [-0.05, 0) is 54.8 Å². The van der Waals surface area contributed by atoms with Gasteiger partial charge in [0.15, 0.2) is 0 Å². The molecule has 0 spiro atoms. The Morgan fingerprint density at radius 3 is 2.85 bits per heavy atom. The van der Waals surface area contributed by atoms with Crippen LogP contribution in [0.3, 0.4) is 0 Å². The summed E-state index contributed by atoms with van der Waals surface area (Å²) in [6, 6.07) is 7.14. The molecule has 2 rings (SSSR count). The Labute approximate surface area is 155 Å². The minimum atomic E-state index is -0.670. The predicted molar refractivity (Wildman–Crippen MR) is 104 cm³/mol. The second kappa shape index (κ2) is 9.69. The lowest BCUT2D eigenvalue weighted by Crippen LogP contribution is -2.36. The van der Waals surface area contributed by atoms with Crippen molar-refractivity contribution in [3.63, 3.8) is 0 Å². The fraction of sp³-hybridized carbons (Fsp3) is 0.222. The van der Waals surface area contributed by atoms with Gasteiger partial charge in [0.05, 0.1) is 18.0 Å². The SMILES string of the molecule is CSCC[C@H](N)C(=O)Nc1cc(NC(=O)C=Cc2ccco2)ccc1O. The zero-order chi connectivity index (χ0) is 18.9. The maximum absolute atomic E-state index is 12.1. The van der Waals surface area contributed by atoms with Crippen molar-refractivity contribution in [2.75, 3.05) is 22.6 Å². The predicted octanol–water partition coefficient (Wildman–Crippen LogP) is 2.66. The summed E-state index contributed by atoms with van der Waals surface area (Å²) >= 11 is 1.60. The number of hydrogen-bond acceptors (Lipinski definition) is 6. The first kappa shape index (κ1) is 19.6. The number of benzene rings is 1. The highest BCUT2D eigenvalue weighted by Gasteiger charge is 2.15. The number of carbonyl (C=O) groups excluding carboxylic acids is 2. The first-order chi connectivity index (χ1) is 12.5. The van der Waals surface area contributed by atoms with E-state index in [-0.39, 0.29) is 17.3 Å². The van der Waals surface area contributed by atoms with Crippen LogP contribution in [0.1, 0.15) is 12.2 Å². The van der Waals surface area contributed by atoms with Crippen LogP contribution in [0, 0.1) is 0 Å². The van der Waals surface area contributed by atoms with E-state index >= 15 is 0 Å². The Balaban J connectivity index is 1.99. The molecule has 0 saturated carbocycles. The molecule has 0 unspecified atom stereocenters. The van der Waals surface area contributed by atoms with Crippen molar-refractivity contribution < 1.29 is 19.1 Å². The number of aromatic hydroxyl groups is 1. The lowest BCUT2D eigenvalue weighted by Gasteiger charge is -2.13. The monoisotopic (exact) mass is 375 g/mol. The van der Waals surface area contributed by atoms with E-state index in [1.165, 1.54) is 36.6 Å². The third kappa shape index (κ3) is 5.98. The Hall–Kier alpha value is -2.71. The lowest BCUT2D eigenvalue weighted by atomic mass is 10.2. The quantitative estimate of drug-likeness (QED) is 0.320. The van der Waals surface area contributed by atoms with Gasteiger partial charge in [-0.2, -0.15) is 11.8 Å². The number of anilines is 2. The molecule has 1 atom stereocenters. The van der Waals surface area contributed by atoms with Crippen LogP contribution >= 0.6 is 11.8 Å². The van der Waals surface area contributed by atoms with Crippen molar-refractivity contribution in [3.8, 4) is 5.75 Å². The van der Waals surface area contributed by atoms with Crippen LogP contribution in [0.2, 0.25) is 0 Å². The van der Waals surface area contributed by atoms with Gasteiger partial charge in [0, 0.05) is 11.8 Å². The molecule has 2 amide bonds. The molecule has 1 aromatic carbocycles. The number of amides is 2. The van der Waals surface area contributed by atoms with Gasteiger partial charge in [-0.15, -0.1) is 0 Å². The first-order valence-corrected chi connectivity index (χ1v) is 9.30. The molecule has 0 saturated heterocycles. The number of rotatable bonds is 8. The van der Waals surface area contributed by atoms with Gasteiger partial charge in [0.25, 0.3) is 0 Å². The average molecular weight is 375 g/mol. The van der Waals surface area contributed by atoms with Crippen molar-refractivity contribution in [1.29, 1.82) is 0 Å². The van der Waals surface area contributed by atoms with Gasteiger partial charge in [-0.3, -0.25) is 9.59 Å². The Morgan fingerprint density at radius 1 is 1.35 bits per heavy atom. The number of furan rings is 1. The molecule has 0 aliphatic heterocycles. The molecule has 26 heavy (non-hydrogen) atoms. The standard InChI is InChI=1S/C18H21N3O4S/c1-26-10-8-14(19)18(24)21-15-11-12(4-6-16(15)22)20-17(23)7-5-13-3-2-9-25-13/h2-7,9,11,14,22H,8,10,19H2,1H3,(H,20,23)(H,21,24)/t14-/m0/s1. The molecular weight excluding hydrogens is 354 g/mol. The summed E-state index contributed by atoms with van der Waals surface area (Å²) in [5.41, 5.74) is 6.42. The van der Waals surface area contributed by atoms with Gasteiger partial charge in [0.2, 0.25) is 11.8 Å². The molecule has 138 valence electrons. The van der Waals surface area contributed by atoms with Crippen LogP contribution in [0.5, 0.6) is 5.75 Å². The first-order valence-electron chi connectivity index (χ1n) is 7.90. The Kier molecular flexibility index (Phi) is 7.31. The zero-order valence-corrected chi connectivity index (χ0v) is 15.1. The molecule has 5 N–H and O–H groups in total. The van der Waals surface area contributed by atoms with E-state index in [4.69, 9.17) is 10.2 Å². The molecule has 1 heterocycles. The van der Waals surface area contributed by atoms with Crippen LogP contribution in [-0.2, 0) is 9.59 Å². The van der Waals surface area contributed by atoms with E-state index in [0.717, 1.165) is 5.75 Å². The van der Waals surface area contributed by atoms with Crippen LogP contribution in [0.25, 0.3) is 6.08 Å². The summed E-state index contributed by atoms with van der Waals surface area (Å²) in [5.74, 6) is 0.438. The summed E-state index contributed by atoms with van der Waals surface area (Å²) in [6.45, 7) is 0. The number of nitrogens with two attached hydrogens (primary N) is 1. The molecule has 8 heteroatoms. The number of nitrogens with one attached hydrogen (secondary N) is 2. The largest absolute Gasteiger partial charge is 0.506 e. The molecule has 0 aliphatic carbocycles. The zero-order valence-electron chi connectivity index (χ0n) is 14.3. The number of carbonyl (C=O) groups is 2. The third-order valence-electron chi connectivity index (χ3n) is 3.43. The van der Waals surface area contributed by atoms with Gasteiger partial charge in [-0.1, -0.05) is 0 Å². The van der Waals surface area contributed by atoms with E-state index in [2.05, 4.69) is 10.6 Å². The second-order valence-corrected chi connectivity index (χ2v) is 6.43. The second-order valence-electron chi connectivity index (χ2n) is 5.45. The molecule has 0 fully saturated rings. The molecule has 1 aromatic heterocycles. The summed E-state index contributed by atoms with van der Waals surface area (Å²) < 4.78 is 5.10. The minimum Gasteiger partial charge on any atom is -0.506 e. The minimum absolute atomic E-state index is 0.112. The van der Waals surface area contributed by atoms with Gasteiger partial charge < -0.3 is 25.9 Å². The topological polar surface area (TPSA) is 118 Å². The molecule has 0 bridgehead atoms. The third-order valence-corrected chi connectivity index (χ3v) is 4.08. The van der Waals surface area contributed by atoms with Crippen LogP contribution < -0.4 is 16.4 Å². The molecular formula is C18H21N3O4S. The highest BCUT2D eigenvalue weighted by atomic mass is 32.2. The average Bonchev–Trinajstić information content (AvgIpc) is 3.14. The van der Waals surface area contributed by atoms with E-state index in [9.17, 15) is 14.7 Å². The molecule has 2 aromatic rings. The van der Waals surface area contributed by atoms with Gasteiger partial charge in [-0.25, -0.2) is 0 Å².